The van der Waals surface area contributed by atoms with E-state index in [0.717, 1.165) is 5.92 Å². The summed E-state index contributed by atoms with van der Waals surface area (Å²) in [5.41, 5.74) is 2.85. The molecule has 23 heavy (non-hydrogen) atoms. The van der Waals surface area contributed by atoms with Gasteiger partial charge in [-0.1, -0.05) is 117 Å². The molecule has 0 amide bonds. The molecule has 0 radical (unpaired) electrons. The highest BCUT2D eigenvalue weighted by Gasteiger charge is 2.05. The van der Waals surface area contributed by atoms with Gasteiger partial charge in [0.2, 0.25) is 0 Å². The summed E-state index contributed by atoms with van der Waals surface area (Å²) in [4.78, 5) is 0. The van der Waals surface area contributed by atoms with Crippen molar-refractivity contribution in [2.45, 2.75) is 123 Å². The molecule has 1 unspecified atom stereocenters. The van der Waals surface area contributed by atoms with E-state index >= 15 is 0 Å². The van der Waals surface area contributed by atoms with E-state index in [4.69, 9.17) is 0 Å². The van der Waals surface area contributed by atoms with Crippen molar-refractivity contribution in [2.24, 2.45) is 5.92 Å². The SMILES string of the molecule is C=C=CCCCCCCCCCC(CC)CCCCCCCC. The van der Waals surface area contributed by atoms with Crippen LogP contribution in [0, 0.1) is 5.92 Å². The molecular weight excluding hydrogens is 276 g/mol. The summed E-state index contributed by atoms with van der Waals surface area (Å²) in [7, 11) is 0. The smallest absolute Gasteiger partial charge is 0.0275 e. The second kappa shape index (κ2) is 19.6. The van der Waals surface area contributed by atoms with Crippen molar-refractivity contribution in [3.63, 3.8) is 0 Å². The predicted molar refractivity (Wildman–Crippen MR) is 107 cm³/mol. The van der Waals surface area contributed by atoms with Crippen molar-refractivity contribution in [1.29, 1.82) is 0 Å². The molecule has 0 aromatic rings. The normalized spacial score (nSPS) is 12.1. The highest BCUT2D eigenvalue weighted by Crippen LogP contribution is 2.21. The van der Waals surface area contributed by atoms with E-state index in [1.54, 1.807) is 0 Å². The molecule has 0 heterocycles. The molecule has 0 aliphatic carbocycles. The Bertz CT molecular complexity index is 259. The molecule has 0 spiro atoms. The molecule has 0 aromatic carbocycles. The molecule has 136 valence electrons. The molecule has 0 saturated heterocycles. The molecule has 0 aliphatic heterocycles. The Morgan fingerprint density at radius 1 is 0.696 bits per heavy atom. The lowest BCUT2D eigenvalue weighted by Gasteiger charge is -2.14. The average molecular weight is 321 g/mol. The summed E-state index contributed by atoms with van der Waals surface area (Å²) in [5.74, 6) is 1.01. The van der Waals surface area contributed by atoms with Crippen molar-refractivity contribution in [1.82, 2.24) is 0 Å². The zero-order valence-corrected chi connectivity index (χ0v) is 16.4. The molecule has 0 fully saturated rings. The van der Waals surface area contributed by atoms with Crippen molar-refractivity contribution in [3.8, 4) is 0 Å². The average Bonchev–Trinajstić information content (AvgIpc) is 2.57. The molecule has 0 aromatic heterocycles. The fraction of sp³-hybridized carbons (Fsp3) is 0.870. The van der Waals surface area contributed by atoms with Crippen LogP contribution in [0.25, 0.3) is 0 Å². The zero-order valence-electron chi connectivity index (χ0n) is 16.4. The molecule has 0 rings (SSSR count). The number of allylic oxidation sites excluding steroid dienone is 1. The second-order valence-electron chi connectivity index (χ2n) is 7.29. The van der Waals surface area contributed by atoms with Crippen LogP contribution in [0.5, 0.6) is 0 Å². The fourth-order valence-electron chi connectivity index (χ4n) is 3.43. The summed E-state index contributed by atoms with van der Waals surface area (Å²) in [5, 5.41) is 0. The van der Waals surface area contributed by atoms with Gasteiger partial charge in [-0.25, -0.2) is 0 Å². The summed E-state index contributed by atoms with van der Waals surface area (Å²) >= 11 is 0. The molecular formula is C23H44. The first-order chi connectivity index (χ1) is 11.3. The molecule has 0 aliphatic rings. The van der Waals surface area contributed by atoms with Crippen LogP contribution in [0.3, 0.4) is 0 Å². The van der Waals surface area contributed by atoms with Gasteiger partial charge in [-0.3, -0.25) is 0 Å². The van der Waals surface area contributed by atoms with Gasteiger partial charge in [0.1, 0.15) is 0 Å². The summed E-state index contributed by atoms with van der Waals surface area (Å²) in [6.45, 7) is 8.29. The maximum absolute atomic E-state index is 3.60. The van der Waals surface area contributed by atoms with Crippen LogP contribution in [0.1, 0.15) is 123 Å². The summed E-state index contributed by atoms with van der Waals surface area (Å²) in [6, 6.07) is 0. The molecule has 0 nitrogen and oxygen atoms in total. The van der Waals surface area contributed by atoms with Crippen LogP contribution in [0.2, 0.25) is 0 Å². The van der Waals surface area contributed by atoms with Crippen LogP contribution in [0.4, 0.5) is 0 Å². The topological polar surface area (TPSA) is 0 Å². The Labute approximate surface area is 147 Å². The first-order valence-corrected chi connectivity index (χ1v) is 10.7. The van der Waals surface area contributed by atoms with Crippen LogP contribution >= 0.6 is 0 Å². The molecule has 1 atom stereocenters. The van der Waals surface area contributed by atoms with Gasteiger partial charge in [-0.2, -0.15) is 0 Å². The third kappa shape index (κ3) is 17.7. The minimum absolute atomic E-state index is 1.01. The standard InChI is InChI=1S/C23H44/c1-4-7-9-11-13-14-15-16-18-20-22-23(6-3)21-19-17-12-10-8-5-2/h7,23H,1,5-6,8-22H2,2-3H3. The van der Waals surface area contributed by atoms with E-state index in [-0.39, 0.29) is 0 Å². The highest BCUT2D eigenvalue weighted by molar-refractivity contribution is 4.74. The highest BCUT2D eigenvalue weighted by atomic mass is 14.1. The minimum Gasteiger partial charge on any atom is -0.133 e. The summed E-state index contributed by atoms with van der Waals surface area (Å²) in [6.07, 6.45) is 26.2. The predicted octanol–water partition coefficient (Wildman–Crippen LogP) is 8.62. The van der Waals surface area contributed by atoms with E-state index in [1.807, 2.05) is 0 Å². The van der Waals surface area contributed by atoms with Crippen molar-refractivity contribution < 1.29 is 0 Å². The van der Waals surface area contributed by atoms with E-state index < -0.39 is 0 Å². The fourth-order valence-corrected chi connectivity index (χ4v) is 3.43. The zero-order chi connectivity index (χ0) is 17.0. The van der Waals surface area contributed by atoms with Gasteiger partial charge in [-0.05, 0) is 24.8 Å². The van der Waals surface area contributed by atoms with Gasteiger partial charge in [0.15, 0.2) is 0 Å². The number of rotatable bonds is 18. The molecule has 0 bridgehead atoms. The lowest BCUT2D eigenvalue weighted by atomic mass is 9.92. The van der Waals surface area contributed by atoms with Crippen LogP contribution < -0.4 is 0 Å². The quantitative estimate of drug-likeness (QED) is 0.175. The van der Waals surface area contributed by atoms with E-state index in [2.05, 4.69) is 32.2 Å². The van der Waals surface area contributed by atoms with Gasteiger partial charge < -0.3 is 0 Å². The van der Waals surface area contributed by atoms with Gasteiger partial charge in [-0.15, -0.1) is 5.73 Å². The van der Waals surface area contributed by atoms with Crippen molar-refractivity contribution >= 4 is 0 Å². The Kier molecular flexibility index (Phi) is 19.2. The number of hydrogen-bond donors (Lipinski definition) is 0. The van der Waals surface area contributed by atoms with E-state index in [9.17, 15) is 0 Å². The summed E-state index contributed by atoms with van der Waals surface area (Å²) < 4.78 is 0. The third-order valence-electron chi connectivity index (χ3n) is 5.15. The maximum atomic E-state index is 3.60. The van der Waals surface area contributed by atoms with Crippen molar-refractivity contribution in [2.75, 3.05) is 0 Å². The van der Waals surface area contributed by atoms with Gasteiger partial charge >= 0.3 is 0 Å². The Hall–Kier alpha value is -0.480. The van der Waals surface area contributed by atoms with Gasteiger partial charge in [0.05, 0.1) is 0 Å². The number of unbranched alkanes of at least 4 members (excludes halogenated alkanes) is 12. The lowest BCUT2D eigenvalue weighted by Crippen LogP contribution is -1.99. The lowest BCUT2D eigenvalue weighted by molar-refractivity contribution is 0.392. The third-order valence-corrected chi connectivity index (χ3v) is 5.15. The molecule has 0 N–H and O–H groups in total. The maximum Gasteiger partial charge on any atom is -0.0275 e. The minimum atomic E-state index is 1.01. The van der Waals surface area contributed by atoms with Crippen LogP contribution in [0.15, 0.2) is 18.4 Å². The van der Waals surface area contributed by atoms with Gasteiger partial charge in [0, 0.05) is 0 Å². The van der Waals surface area contributed by atoms with Crippen LogP contribution in [-0.4, -0.2) is 0 Å². The first kappa shape index (κ1) is 22.5. The van der Waals surface area contributed by atoms with Crippen LogP contribution in [-0.2, 0) is 0 Å². The Morgan fingerprint density at radius 2 is 1.17 bits per heavy atom. The Morgan fingerprint density at radius 3 is 1.65 bits per heavy atom. The van der Waals surface area contributed by atoms with Gasteiger partial charge in [0.25, 0.3) is 0 Å². The second-order valence-corrected chi connectivity index (χ2v) is 7.29. The largest absolute Gasteiger partial charge is 0.133 e. The monoisotopic (exact) mass is 320 g/mol. The first-order valence-electron chi connectivity index (χ1n) is 10.7. The van der Waals surface area contributed by atoms with Crippen molar-refractivity contribution in [3.05, 3.63) is 18.4 Å². The van der Waals surface area contributed by atoms with E-state index in [0.29, 0.717) is 0 Å². The Balaban J connectivity index is 3.31. The molecule has 0 saturated carbocycles. The molecule has 0 heteroatoms. The number of hydrogen-bond acceptors (Lipinski definition) is 0. The van der Waals surface area contributed by atoms with E-state index in [1.165, 1.54) is 109 Å².